The van der Waals surface area contributed by atoms with Crippen LogP contribution in [0.1, 0.15) is 22.8 Å². The fourth-order valence-electron chi connectivity index (χ4n) is 2.66. The highest BCUT2D eigenvalue weighted by atomic mass is 79.9. The van der Waals surface area contributed by atoms with Crippen LogP contribution in [0, 0.1) is 0 Å². The maximum Gasteiger partial charge on any atom is 0.341 e. The molecule has 28 heavy (non-hydrogen) atoms. The van der Waals surface area contributed by atoms with Crippen LogP contribution in [0.4, 0.5) is 5.00 Å². The summed E-state index contributed by atoms with van der Waals surface area (Å²) in [5.41, 5.74) is 2.82. The molecule has 0 spiro atoms. The number of hydrogen-bond acceptors (Lipinski definition) is 4. The average molecular weight is 479 g/mol. The predicted molar refractivity (Wildman–Crippen MR) is 117 cm³/mol. The first kappa shape index (κ1) is 20.6. The molecule has 1 aromatic heterocycles. The SMILES string of the molecule is CCOC(=O)c1c(-c2ccc(Br)cc2)csc1NC(=O)Cc1ccc(Cl)cc1. The summed E-state index contributed by atoms with van der Waals surface area (Å²) in [4.78, 5) is 25.1. The van der Waals surface area contributed by atoms with Crippen LogP contribution < -0.4 is 5.32 Å². The predicted octanol–water partition coefficient (Wildman–Crippen LogP) is 6.19. The van der Waals surface area contributed by atoms with E-state index >= 15 is 0 Å². The molecule has 3 rings (SSSR count). The average Bonchev–Trinajstić information content (AvgIpc) is 3.08. The molecule has 1 heterocycles. The molecule has 3 aromatic rings. The van der Waals surface area contributed by atoms with Crippen LogP contribution in [0.2, 0.25) is 5.02 Å². The number of amides is 1. The molecule has 144 valence electrons. The summed E-state index contributed by atoms with van der Waals surface area (Å²) in [6.07, 6.45) is 0.185. The van der Waals surface area contributed by atoms with Gasteiger partial charge in [0.15, 0.2) is 0 Å². The topological polar surface area (TPSA) is 55.4 Å². The lowest BCUT2D eigenvalue weighted by Crippen LogP contribution is -2.16. The van der Waals surface area contributed by atoms with Crippen molar-refractivity contribution in [2.45, 2.75) is 13.3 Å². The minimum absolute atomic E-state index is 0.185. The summed E-state index contributed by atoms with van der Waals surface area (Å²) in [5.74, 6) is -0.666. The van der Waals surface area contributed by atoms with E-state index in [2.05, 4.69) is 21.2 Å². The van der Waals surface area contributed by atoms with E-state index in [0.29, 0.717) is 15.6 Å². The van der Waals surface area contributed by atoms with Gasteiger partial charge in [-0.25, -0.2) is 4.79 Å². The van der Waals surface area contributed by atoms with Gasteiger partial charge in [-0.3, -0.25) is 4.79 Å². The molecule has 0 saturated heterocycles. The zero-order chi connectivity index (χ0) is 20.1. The van der Waals surface area contributed by atoms with Gasteiger partial charge in [-0.1, -0.05) is 51.8 Å². The van der Waals surface area contributed by atoms with Crippen LogP contribution in [-0.4, -0.2) is 18.5 Å². The summed E-state index contributed by atoms with van der Waals surface area (Å²) in [5, 5.41) is 5.80. The number of carbonyl (C=O) groups excluding carboxylic acids is 2. The number of halogens is 2. The molecule has 4 nitrogen and oxygen atoms in total. The van der Waals surface area contributed by atoms with Crippen LogP contribution >= 0.6 is 38.9 Å². The fraction of sp³-hybridized carbons (Fsp3) is 0.143. The minimum Gasteiger partial charge on any atom is -0.462 e. The number of thiophene rings is 1. The molecular weight excluding hydrogens is 462 g/mol. The Morgan fingerprint density at radius 3 is 2.43 bits per heavy atom. The molecule has 0 unspecified atom stereocenters. The first-order valence-corrected chi connectivity index (χ1v) is 10.6. The Hall–Kier alpha value is -2.15. The van der Waals surface area contributed by atoms with Gasteiger partial charge in [0.25, 0.3) is 0 Å². The third kappa shape index (κ3) is 5.01. The summed E-state index contributed by atoms with van der Waals surface area (Å²) in [6, 6.07) is 14.7. The number of ether oxygens (including phenoxy) is 1. The molecule has 0 saturated carbocycles. The smallest absolute Gasteiger partial charge is 0.341 e. The normalized spacial score (nSPS) is 10.5. The molecule has 0 bridgehead atoms. The standard InChI is InChI=1S/C21H17BrClNO3S/c1-2-27-21(26)19-17(14-5-7-15(22)8-6-14)12-28-20(19)24-18(25)11-13-3-9-16(23)10-4-13/h3-10,12H,2,11H2,1H3,(H,24,25). The number of rotatable bonds is 6. The Morgan fingerprint density at radius 2 is 1.79 bits per heavy atom. The molecule has 2 aromatic carbocycles. The van der Waals surface area contributed by atoms with E-state index in [0.717, 1.165) is 21.2 Å². The molecular formula is C21H17BrClNO3S. The molecule has 0 aliphatic heterocycles. The maximum atomic E-state index is 12.6. The third-order valence-electron chi connectivity index (χ3n) is 3.96. The summed E-state index contributed by atoms with van der Waals surface area (Å²) >= 11 is 10.6. The van der Waals surface area contributed by atoms with Crippen LogP contribution in [0.25, 0.3) is 11.1 Å². The highest BCUT2D eigenvalue weighted by Gasteiger charge is 2.22. The second-order valence-corrected chi connectivity index (χ2v) is 8.16. The highest BCUT2D eigenvalue weighted by Crippen LogP contribution is 2.36. The zero-order valence-corrected chi connectivity index (χ0v) is 18.2. The molecule has 0 radical (unpaired) electrons. The first-order valence-electron chi connectivity index (χ1n) is 8.56. The van der Waals surface area contributed by atoms with Gasteiger partial charge in [0.1, 0.15) is 10.6 Å². The second kappa shape index (κ2) is 9.37. The van der Waals surface area contributed by atoms with E-state index in [4.69, 9.17) is 16.3 Å². The number of anilines is 1. The highest BCUT2D eigenvalue weighted by molar-refractivity contribution is 9.10. The molecule has 0 aliphatic rings. The van der Waals surface area contributed by atoms with Crippen LogP contribution in [0.3, 0.4) is 0 Å². The maximum absolute atomic E-state index is 12.6. The van der Waals surface area contributed by atoms with E-state index in [1.54, 1.807) is 31.2 Å². The summed E-state index contributed by atoms with van der Waals surface area (Å²) < 4.78 is 6.16. The van der Waals surface area contributed by atoms with Crippen molar-refractivity contribution in [2.24, 2.45) is 0 Å². The van der Waals surface area contributed by atoms with Crippen molar-refractivity contribution < 1.29 is 14.3 Å². The van der Waals surface area contributed by atoms with Gasteiger partial charge in [0.05, 0.1) is 13.0 Å². The number of hydrogen-bond donors (Lipinski definition) is 1. The first-order chi connectivity index (χ1) is 13.5. The number of esters is 1. The van der Waals surface area contributed by atoms with Gasteiger partial charge in [-0.15, -0.1) is 11.3 Å². The van der Waals surface area contributed by atoms with Crippen molar-refractivity contribution in [1.29, 1.82) is 0 Å². The number of carbonyl (C=O) groups is 2. The lowest BCUT2D eigenvalue weighted by molar-refractivity contribution is -0.115. The van der Waals surface area contributed by atoms with Crippen molar-refractivity contribution in [1.82, 2.24) is 0 Å². The van der Waals surface area contributed by atoms with Crippen molar-refractivity contribution >= 4 is 55.7 Å². The van der Waals surface area contributed by atoms with Gasteiger partial charge in [-0.2, -0.15) is 0 Å². The van der Waals surface area contributed by atoms with Crippen molar-refractivity contribution in [3.63, 3.8) is 0 Å². The van der Waals surface area contributed by atoms with Crippen molar-refractivity contribution in [3.05, 3.63) is 74.5 Å². The Labute approximate surface area is 180 Å². The van der Waals surface area contributed by atoms with E-state index in [-0.39, 0.29) is 18.9 Å². The molecule has 0 fully saturated rings. The van der Waals surface area contributed by atoms with Crippen molar-refractivity contribution in [2.75, 3.05) is 11.9 Å². The zero-order valence-electron chi connectivity index (χ0n) is 15.0. The fourth-order valence-corrected chi connectivity index (χ4v) is 4.02. The third-order valence-corrected chi connectivity index (χ3v) is 5.63. The van der Waals surface area contributed by atoms with Crippen LogP contribution in [0.5, 0.6) is 0 Å². The van der Waals surface area contributed by atoms with E-state index in [9.17, 15) is 9.59 Å². The molecule has 0 atom stereocenters. The van der Waals surface area contributed by atoms with E-state index in [1.807, 2.05) is 29.6 Å². The van der Waals surface area contributed by atoms with Gasteiger partial charge >= 0.3 is 5.97 Å². The van der Waals surface area contributed by atoms with Crippen LogP contribution in [0.15, 0.2) is 58.4 Å². The minimum atomic E-state index is -0.455. The van der Waals surface area contributed by atoms with Gasteiger partial charge in [0.2, 0.25) is 5.91 Å². The quantitative estimate of drug-likeness (QED) is 0.430. The second-order valence-electron chi connectivity index (χ2n) is 5.93. The van der Waals surface area contributed by atoms with Gasteiger partial charge in [-0.05, 0) is 42.3 Å². The Kier molecular flexibility index (Phi) is 6.88. The van der Waals surface area contributed by atoms with E-state index in [1.165, 1.54) is 11.3 Å². The lowest BCUT2D eigenvalue weighted by atomic mass is 10.0. The Morgan fingerprint density at radius 1 is 1.11 bits per heavy atom. The molecule has 7 heteroatoms. The molecule has 1 N–H and O–H groups in total. The Bertz CT molecular complexity index is 984. The van der Waals surface area contributed by atoms with Crippen molar-refractivity contribution in [3.8, 4) is 11.1 Å². The van der Waals surface area contributed by atoms with Gasteiger partial charge < -0.3 is 10.1 Å². The lowest BCUT2D eigenvalue weighted by Gasteiger charge is -2.09. The molecule has 0 aliphatic carbocycles. The molecule has 1 amide bonds. The van der Waals surface area contributed by atoms with Crippen LogP contribution in [-0.2, 0) is 16.0 Å². The summed E-state index contributed by atoms with van der Waals surface area (Å²) in [7, 11) is 0. The Balaban J connectivity index is 1.87. The largest absolute Gasteiger partial charge is 0.462 e. The monoisotopic (exact) mass is 477 g/mol. The number of benzene rings is 2. The number of nitrogens with one attached hydrogen (secondary N) is 1. The summed E-state index contributed by atoms with van der Waals surface area (Å²) in [6.45, 7) is 2.01. The van der Waals surface area contributed by atoms with Gasteiger partial charge in [0, 0.05) is 20.4 Å². The van der Waals surface area contributed by atoms with E-state index < -0.39 is 5.97 Å².